The standard InChI is InChI=1S/C31H35NO5S/c1-9-30(22-14-12-11-13-15-22)26(33)23-16-18(3)19(4)17-24(23)31(30,29(35)37-8)25(28(34)36-7)27-32(10-2)20(5)21(6)38-27/h11-17H,9-10H2,1-8H3/b27-25-/t30-,31+/m0/s1. The number of allylic oxidation sites excluding steroid dienone is 2. The molecule has 0 fully saturated rings. The molecule has 1 aliphatic carbocycles. The second kappa shape index (κ2) is 10.1. The molecule has 0 unspecified atom stereocenters. The first-order valence-corrected chi connectivity index (χ1v) is 13.7. The number of ether oxygens (including phenoxy) is 2. The van der Waals surface area contributed by atoms with Crippen LogP contribution in [0.5, 0.6) is 0 Å². The fourth-order valence-corrected chi connectivity index (χ4v) is 7.48. The summed E-state index contributed by atoms with van der Waals surface area (Å²) in [5.41, 5.74) is 1.31. The lowest BCUT2D eigenvalue weighted by Crippen LogP contribution is -2.58. The molecule has 2 aromatic carbocycles. The quantitative estimate of drug-likeness (QED) is 0.335. The number of methoxy groups -OCH3 is 2. The molecule has 6 nitrogen and oxygen atoms in total. The summed E-state index contributed by atoms with van der Waals surface area (Å²) in [7, 11) is 2.62. The van der Waals surface area contributed by atoms with Gasteiger partial charge in [-0.1, -0.05) is 55.1 Å². The van der Waals surface area contributed by atoms with E-state index < -0.39 is 22.8 Å². The Labute approximate surface area is 229 Å². The van der Waals surface area contributed by atoms with Crippen LogP contribution in [-0.2, 0) is 29.9 Å². The monoisotopic (exact) mass is 533 g/mol. The number of hydrogen-bond donors (Lipinski definition) is 0. The van der Waals surface area contributed by atoms with Crippen LogP contribution in [0.4, 0.5) is 0 Å². The lowest BCUT2D eigenvalue weighted by molar-refractivity contribution is -0.151. The van der Waals surface area contributed by atoms with E-state index in [9.17, 15) is 14.4 Å². The molecule has 0 aromatic heterocycles. The van der Waals surface area contributed by atoms with Gasteiger partial charge in [-0.2, -0.15) is 0 Å². The largest absolute Gasteiger partial charge is 0.468 e. The number of carbonyl (C=O) groups excluding carboxylic acids is 3. The minimum atomic E-state index is -1.78. The fourth-order valence-electron chi connectivity index (χ4n) is 6.22. The number of fused-ring (bicyclic) bond motifs is 1. The molecule has 38 heavy (non-hydrogen) atoms. The van der Waals surface area contributed by atoms with E-state index in [0.29, 0.717) is 28.3 Å². The van der Waals surface area contributed by atoms with E-state index in [1.54, 1.807) is 0 Å². The molecule has 0 bridgehead atoms. The maximum absolute atomic E-state index is 14.7. The number of aryl methyl sites for hydroxylation is 2. The van der Waals surface area contributed by atoms with Crippen molar-refractivity contribution in [1.29, 1.82) is 0 Å². The number of nitrogens with zero attached hydrogens (tertiary/aromatic N) is 1. The topological polar surface area (TPSA) is 72.9 Å². The Balaban J connectivity index is 2.32. The number of thioether (sulfide) groups is 1. The van der Waals surface area contributed by atoms with Crippen LogP contribution >= 0.6 is 11.8 Å². The number of rotatable bonds is 6. The van der Waals surface area contributed by atoms with E-state index in [0.717, 1.165) is 21.7 Å². The van der Waals surface area contributed by atoms with Crippen LogP contribution in [0.15, 0.2) is 63.7 Å². The normalized spacial score (nSPS) is 24.0. The highest BCUT2D eigenvalue weighted by Gasteiger charge is 2.72. The summed E-state index contributed by atoms with van der Waals surface area (Å²) in [6.07, 6.45) is 0.258. The highest BCUT2D eigenvalue weighted by molar-refractivity contribution is 8.07. The fraction of sp³-hybridized carbons (Fsp3) is 0.387. The molecule has 4 rings (SSSR count). The SMILES string of the molecule is CCN1C(C)=C(C)S/C1=C(/C(=O)OC)[C@@]1(C(=O)OC)c2cc(C)c(C)cc2C(=O)[C@]1(CC)c1ccccc1. The zero-order valence-corrected chi connectivity index (χ0v) is 24.2. The Kier molecular flexibility index (Phi) is 7.36. The predicted molar refractivity (Wildman–Crippen MR) is 150 cm³/mol. The van der Waals surface area contributed by atoms with Crippen LogP contribution < -0.4 is 0 Å². The number of esters is 2. The average molecular weight is 534 g/mol. The average Bonchev–Trinajstić information content (AvgIpc) is 3.32. The van der Waals surface area contributed by atoms with E-state index in [1.165, 1.54) is 26.0 Å². The zero-order valence-electron chi connectivity index (χ0n) is 23.4. The minimum Gasteiger partial charge on any atom is -0.468 e. The molecular formula is C31H35NO5S. The molecule has 2 aromatic rings. The number of hydrogen-bond acceptors (Lipinski definition) is 7. The molecule has 1 heterocycles. The Bertz CT molecular complexity index is 1390. The molecule has 0 N–H and O–H groups in total. The first-order chi connectivity index (χ1) is 18.1. The van der Waals surface area contributed by atoms with Crippen LogP contribution in [0.25, 0.3) is 0 Å². The van der Waals surface area contributed by atoms with Gasteiger partial charge < -0.3 is 14.4 Å². The first-order valence-electron chi connectivity index (χ1n) is 12.8. The van der Waals surface area contributed by atoms with Gasteiger partial charge in [0.2, 0.25) is 0 Å². The van der Waals surface area contributed by atoms with Crippen LogP contribution in [-0.4, -0.2) is 43.4 Å². The third-order valence-corrected chi connectivity index (χ3v) is 9.52. The second-order valence-corrected chi connectivity index (χ2v) is 11.0. The summed E-state index contributed by atoms with van der Waals surface area (Å²) < 4.78 is 11.0. The van der Waals surface area contributed by atoms with Gasteiger partial charge in [-0.25, -0.2) is 4.79 Å². The molecular weight excluding hydrogens is 498 g/mol. The number of carbonyl (C=O) groups is 3. The van der Waals surface area contributed by atoms with E-state index in [4.69, 9.17) is 9.47 Å². The Hall–Kier alpha value is -3.32. The molecule has 0 saturated heterocycles. The van der Waals surface area contributed by atoms with E-state index in [1.807, 2.05) is 88.9 Å². The molecule has 1 aliphatic heterocycles. The summed E-state index contributed by atoms with van der Waals surface area (Å²) in [4.78, 5) is 46.3. The highest BCUT2D eigenvalue weighted by atomic mass is 32.2. The van der Waals surface area contributed by atoms with Gasteiger partial charge in [-0.15, -0.1) is 0 Å². The molecule has 0 amide bonds. The number of benzene rings is 2. The van der Waals surface area contributed by atoms with E-state index >= 15 is 0 Å². The smallest absolute Gasteiger partial charge is 0.338 e. The Morgan fingerprint density at radius 2 is 1.58 bits per heavy atom. The lowest BCUT2D eigenvalue weighted by atomic mass is 9.55. The minimum absolute atomic E-state index is 0.135. The van der Waals surface area contributed by atoms with Crippen molar-refractivity contribution in [2.45, 2.75) is 58.8 Å². The highest BCUT2D eigenvalue weighted by Crippen LogP contribution is 2.62. The number of ketones is 1. The van der Waals surface area contributed by atoms with Crippen molar-refractivity contribution < 1.29 is 23.9 Å². The third-order valence-electron chi connectivity index (χ3n) is 8.30. The van der Waals surface area contributed by atoms with Crippen LogP contribution in [0.2, 0.25) is 0 Å². The van der Waals surface area contributed by atoms with Gasteiger partial charge in [0.25, 0.3) is 0 Å². The summed E-state index contributed by atoms with van der Waals surface area (Å²) in [6.45, 7) is 12.3. The van der Waals surface area contributed by atoms with Crippen molar-refractivity contribution in [3.05, 3.63) is 91.5 Å². The van der Waals surface area contributed by atoms with Gasteiger partial charge in [-0.05, 0) is 69.4 Å². The zero-order chi connectivity index (χ0) is 28.0. The van der Waals surface area contributed by atoms with Crippen molar-refractivity contribution in [3.63, 3.8) is 0 Å². The predicted octanol–water partition coefficient (Wildman–Crippen LogP) is 5.96. The summed E-state index contributed by atoms with van der Waals surface area (Å²) in [6, 6.07) is 13.0. The molecule has 7 heteroatoms. The van der Waals surface area contributed by atoms with Crippen molar-refractivity contribution >= 4 is 29.5 Å². The summed E-state index contributed by atoms with van der Waals surface area (Å²) in [5, 5.41) is 0.590. The van der Waals surface area contributed by atoms with Gasteiger partial charge in [0, 0.05) is 22.7 Å². The van der Waals surface area contributed by atoms with Gasteiger partial charge in [0.15, 0.2) is 5.78 Å². The third kappa shape index (κ3) is 3.51. The maximum atomic E-state index is 14.7. The molecule has 0 radical (unpaired) electrons. The van der Waals surface area contributed by atoms with Crippen molar-refractivity contribution in [1.82, 2.24) is 4.90 Å². The summed E-state index contributed by atoms with van der Waals surface area (Å²) >= 11 is 1.43. The lowest BCUT2D eigenvalue weighted by Gasteiger charge is -2.44. The van der Waals surface area contributed by atoms with Crippen LogP contribution in [0.3, 0.4) is 0 Å². The van der Waals surface area contributed by atoms with E-state index in [-0.39, 0.29) is 17.8 Å². The molecule has 200 valence electrons. The van der Waals surface area contributed by atoms with Gasteiger partial charge in [0.1, 0.15) is 5.41 Å². The summed E-state index contributed by atoms with van der Waals surface area (Å²) in [5.74, 6) is -1.53. The van der Waals surface area contributed by atoms with Gasteiger partial charge in [0.05, 0.1) is 30.2 Å². The van der Waals surface area contributed by atoms with Crippen LogP contribution in [0.1, 0.15) is 66.7 Å². The Morgan fingerprint density at radius 3 is 2.13 bits per heavy atom. The van der Waals surface area contributed by atoms with Crippen molar-refractivity contribution in [3.8, 4) is 0 Å². The van der Waals surface area contributed by atoms with Crippen LogP contribution in [0, 0.1) is 13.8 Å². The van der Waals surface area contributed by atoms with Gasteiger partial charge >= 0.3 is 11.9 Å². The molecule has 2 aliphatic rings. The van der Waals surface area contributed by atoms with Gasteiger partial charge in [-0.3, -0.25) is 9.59 Å². The molecule has 0 spiro atoms. The molecule has 2 atom stereocenters. The number of Topliss-reactive ketones (excluding diaryl/α,β-unsaturated/α-hetero) is 1. The van der Waals surface area contributed by atoms with E-state index in [2.05, 4.69) is 0 Å². The second-order valence-electron chi connectivity index (χ2n) is 9.84. The van der Waals surface area contributed by atoms with Crippen molar-refractivity contribution in [2.75, 3.05) is 20.8 Å². The first kappa shape index (κ1) is 27.7. The Morgan fingerprint density at radius 1 is 0.947 bits per heavy atom. The van der Waals surface area contributed by atoms with Crippen molar-refractivity contribution in [2.24, 2.45) is 0 Å². The molecule has 0 saturated carbocycles. The maximum Gasteiger partial charge on any atom is 0.338 e.